The number of hydrogen-bond donors (Lipinski definition) is 2. The first-order valence-corrected chi connectivity index (χ1v) is 19.0. The summed E-state index contributed by atoms with van der Waals surface area (Å²) < 4.78 is 29.9. The van der Waals surface area contributed by atoms with Crippen LogP contribution in [-0.2, 0) is 14.6 Å². The van der Waals surface area contributed by atoms with Crippen molar-refractivity contribution in [2.75, 3.05) is 44.8 Å². The first-order chi connectivity index (χ1) is 21.5. The van der Waals surface area contributed by atoms with E-state index in [2.05, 4.69) is 15.5 Å². The topological polar surface area (TPSA) is 105 Å². The number of benzene rings is 2. The van der Waals surface area contributed by atoms with E-state index in [9.17, 15) is 18.0 Å². The van der Waals surface area contributed by atoms with Crippen LogP contribution in [0, 0.1) is 0 Å². The lowest BCUT2D eigenvalue weighted by Gasteiger charge is -2.46. The average Bonchev–Trinajstić information content (AvgIpc) is 3.39. The fraction of sp³-hybridized carbons (Fsp3) is 0.438. The van der Waals surface area contributed by atoms with Crippen molar-refractivity contribution in [3.05, 3.63) is 62.4 Å². The Balaban J connectivity index is 1.58. The number of rotatable bonds is 10. The molecule has 2 aliphatic rings. The van der Waals surface area contributed by atoms with Gasteiger partial charge in [-0.3, -0.25) is 19.8 Å². The summed E-state index contributed by atoms with van der Waals surface area (Å²) in [5.41, 5.74) is 1.15. The van der Waals surface area contributed by atoms with Crippen LogP contribution in [0.25, 0.3) is 21.6 Å². The number of amides is 2. The standard InChI is InChI=1S/C32H36Cl3N3O5S2/c1-45(41,42)19-5-18-43-27-26(21-6-8-22(33)9-7-21)28(24-11-10-23(34)20-25(24)35)44-29(27)30(39)37-31(40)32(12-14-36-15-13-32)38-16-3-2-4-17-38/h6-11,20,36H,2-5,12-19H2,1H3,(H,37,39,40). The number of likely N-dealkylation sites (tertiary alicyclic amines) is 1. The maximum absolute atomic E-state index is 14.2. The van der Waals surface area contributed by atoms with Crippen molar-refractivity contribution in [2.24, 2.45) is 0 Å². The highest BCUT2D eigenvalue weighted by molar-refractivity contribution is 7.90. The van der Waals surface area contributed by atoms with Crippen molar-refractivity contribution in [3.63, 3.8) is 0 Å². The van der Waals surface area contributed by atoms with Gasteiger partial charge in [-0.15, -0.1) is 11.3 Å². The van der Waals surface area contributed by atoms with Gasteiger partial charge >= 0.3 is 0 Å². The Bertz CT molecular complexity index is 1650. The number of imide groups is 1. The fourth-order valence-electron chi connectivity index (χ4n) is 6.07. The predicted molar refractivity (Wildman–Crippen MR) is 183 cm³/mol. The average molecular weight is 713 g/mol. The predicted octanol–water partition coefficient (Wildman–Crippen LogP) is 6.72. The number of carbonyl (C=O) groups is 2. The number of nitrogens with one attached hydrogen (secondary N) is 2. The number of thiophene rings is 1. The zero-order chi connectivity index (χ0) is 32.2. The van der Waals surface area contributed by atoms with Gasteiger partial charge in [0.15, 0.2) is 5.75 Å². The molecule has 8 nitrogen and oxygen atoms in total. The van der Waals surface area contributed by atoms with E-state index in [1.807, 2.05) is 12.1 Å². The molecule has 0 unspecified atom stereocenters. The van der Waals surface area contributed by atoms with Crippen LogP contribution in [0.4, 0.5) is 0 Å². The molecule has 0 atom stereocenters. The summed E-state index contributed by atoms with van der Waals surface area (Å²) in [6, 6.07) is 12.2. The molecule has 5 rings (SSSR count). The first kappa shape index (κ1) is 34.2. The molecule has 0 aliphatic carbocycles. The molecule has 2 amide bonds. The summed E-state index contributed by atoms with van der Waals surface area (Å²) in [7, 11) is -3.22. The summed E-state index contributed by atoms with van der Waals surface area (Å²) in [6.45, 7) is 3.04. The lowest BCUT2D eigenvalue weighted by Crippen LogP contribution is -2.64. The molecule has 2 saturated heterocycles. The molecule has 2 aromatic carbocycles. The van der Waals surface area contributed by atoms with Crippen LogP contribution in [0.5, 0.6) is 5.75 Å². The van der Waals surface area contributed by atoms with Gasteiger partial charge in [0.1, 0.15) is 20.3 Å². The van der Waals surface area contributed by atoms with Gasteiger partial charge in [-0.25, -0.2) is 8.42 Å². The first-order valence-electron chi connectivity index (χ1n) is 15.0. The third-order valence-electron chi connectivity index (χ3n) is 8.33. The molecule has 3 heterocycles. The van der Waals surface area contributed by atoms with Crippen LogP contribution in [0.3, 0.4) is 0 Å². The van der Waals surface area contributed by atoms with Gasteiger partial charge in [0.2, 0.25) is 5.91 Å². The molecule has 1 aromatic heterocycles. The second kappa shape index (κ2) is 14.7. The van der Waals surface area contributed by atoms with E-state index in [1.54, 1.807) is 30.3 Å². The van der Waals surface area contributed by atoms with Crippen LogP contribution in [0.15, 0.2) is 42.5 Å². The molecular weight excluding hydrogens is 677 g/mol. The van der Waals surface area contributed by atoms with Gasteiger partial charge in [0.05, 0.1) is 17.4 Å². The van der Waals surface area contributed by atoms with E-state index >= 15 is 0 Å². The number of ether oxygens (including phenoxy) is 1. The molecule has 0 saturated carbocycles. The van der Waals surface area contributed by atoms with Crippen LogP contribution < -0.4 is 15.4 Å². The van der Waals surface area contributed by atoms with E-state index in [4.69, 9.17) is 39.5 Å². The van der Waals surface area contributed by atoms with Crippen molar-refractivity contribution < 1.29 is 22.7 Å². The summed E-state index contributed by atoms with van der Waals surface area (Å²) in [4.78, 5) is 31.3. The molecular formula is C32H36Cl3N3O5S2. The molecule has 13 heteroatoms. The maximum Gasteiger partial charge on any atom is 0.271 e. The van der Waals surface area contributed by atoms with Crippen molar-refractivity contribution >= 4 is 67.8 Å². The Morgan fingerprint density at radius 3 is 2.31 bits per heavy atom. The molecule has 45 heavy (non-hydrogen) atoms. The van der Waals surface area contributed by atoms with Crippen LogP contribution in [-0.4, -0.2) is 75.5 Å². The summed E-state index contributed by atoms with van der Waals surface area (Å²) >= 11 is 20.3. The third-order valence-corrected chi connectivity index (χ3v) is 11.4. The molecule has 2 aliphatic heterocycles. The molecule has 2 N–H and O–H groups in total. The van der Waals surface area contributed by atoms with E-state index in [0.717, 1.165) is 43.7 Å². The Morgan fingerprint density at radius 2 is 1.67 bits per heavy atom. The van der Waals surface area contributed by atoms with Crippen LogP contribution in [0.1, 0.15) is 48.2 Å². The van der Waals surface area contributed by atoms with Crippen LogP contribution in [0.2, 0.25) is 15.1 Å². The van der Waals surface area contributed by atoms with Crippen molar-refractivity contribution in [3.8, 4) is 27.3 Å². The highest BCUT2D eigenvalue weighted by atomic mass is 35.5. The zero-order valence-corrected chi connectivity index (χ0v) is 28.9. The van der Waals surface area contributed by atoms with Crippen molar-refractivity contribution in [1.29, 1.82) is 0 Å². The van der Waals surface area contributed by atoms with E-state index in [1.165, 1.54) is 6.26 Å². The molecule has 3 aromatic rings. The maximum atomic E-state index is 14.2. The smallest absolute Gasteiger partial charge is 0.271 e. The van der Waals surface area contributed by atoms with Crippen LogP contribution >= 0.6 is 46.1 Å². The van der Waals surface area contributed by atoms with Gasteiger partial charge < -0.3 is 10.1 Å². The van der Waals surface area contributed by atoms with Gasteiger partial charge in [0.25, 0.3) is 5.91 Å². The Morgan fingerprint density at radius 1 is 1.00 bits per heavy atom. The number of hydrogen-bond acceptors (Lipinski definition) is 8. The van der Waals surface area contributed by atoms with Crippen molar-refractivity contribution in [1.82, 2.24) is 15.5 Å². The number of halogens is 3. The highest BCUT2D eigenvalue weighted by Gasteiger charge is 2.46. The summed E-state index contributed by atoms with van der Waals surface area (Å²) in [6.07, 6.45) is 5.76. The number of piperidine rings is 2. The quantitative estimate of drug-likeness (QED) is 0.178. The largest absolute Gasteiger partial charge is 0.491 e. The number of nitrogens with zero attached hydrogens (tertiary/aromatic N) is 1. The van der Waals surface area contributed by atoms with E-state index in [0.29, 0.717) is 62.6 Å². The normalized spacial score (nSPS) is 17.2. The molecule has 0 spiro atoms. The van der Waals surface area contributed by atoms with Gasteiger partial charge in [-0.1, -0.05) is 59.4 Å². The monoisotopic (exact) mass is 711 g/mol. The third kappa shape index (κ3) is 8.04. The minimum Gasteiger partial charge on any atom is -0.491 e. The SMILES string of the molecule is CS(=O)(=O)CCCOc1c(C(=O)NC(=O)C2(N3CCCCC3)CCNCC2)sc(-c2ccc(Cl)cc2Cl)c1-c1ccc(Cl)cc1. The summed E-state index contributed by atoms with van der Waals surface area (Å²) in [5.74, 6) is -0.717. The Kier molecular flexibility index (Phi) is 11.2. The van der Waals surface area contributed by atoms with E-state index < -0.39 is 21.3 Å². The van der Waals surface area contributed by atoms with E-state index in [-0.39, 0.29) is 35.3 Å². The van der Waals surface area contributed by atoms with Gasteiger partial charge in [-0.05, 0) is 88.1 Å². The number of carbonyl (C=O) groups excluding carboxylic acids is 2. The van der Waals surface area contributed by atoms with Gasteiger partial charge in [0, 0.05) is 32.3 Å². The Labute approximate surface area is 283 Å². The Hall–Kier alpha value is -2.18. The van der Waals surface area contributed by atoms with Gasteiger partial charge in [-0.2, -0.15) is 0 Å². The second-order valence-electron chi connectivity index (χ2n) is 11.5. The second-order valence-corrected chi connectivity index (χ2v) is 16.1. The van der Waals surface area contributed by atoms with Crippen molar-refractivity contribution in [2.45, 2.75) is 44.1 Å². The molecule has 242 valence electrons. The summed E-state index contributed by atoms with van der Waals surface area (Å²) in [5, 5.41) is 7.46. The highest BCUT2D eigenvalue weighted by Crippen LogP contribution is 2.50. The lowest BCUT2D eigenvalue weighted by atomic mass is 9.83. The zero-order valence-electron chi connectivity index (χ0n) is 25.0. The fourth-order valence-corrected chi connectivity index (χ4v) is 8.60. The minimum atomic E-state index is -3.22. The molecule has 2 fully saturated rings. The molecule has 0 radical (unpaired) electrons. The molecule has 0 bridgehead atoms. The minimum absolute atomic E-state index is 0.0375. The number of sulfone groups is 1. The lowest BCUT2D eigenvalue weighted by molar-refractivity contribution is -0.135.